The number of nitrogens with zero attached hydrogens (tertiary/aromatic N) is 1. The van der Waals surface area contributed by atoms with Crippen LogP contribution < -0.4 is 5.73 Å². The fourth-order valence-electron chi connectivity index (χ4n) is 2.05. The maximum atomic E-state index is 6.01. The summed E-state index contributed by atoms with van der Waals surface area (Å²) in [4.78, 5) is 3.94. The normalized spacial score (nSPS) is 28.2. The van der Waals surface area contributed by atoms with Gasteiger partial charge in [0.2, 0.25) is 0 Å². The van der Waals surface area contributed by atoms with Crippen molar-refractivity contribution in [1.82, 2.24) is 4.90 Å². The highest BCUT2D eigenvalue weighted by atomic mass is 79.9. The molecule has 2 nitrogen and oxygen atoms in total. The number of nitrogens with two attached hydrogens (primary N) is 1. The smallest absolute Gasteiger partial charge is 0.0328 e. The van der Waals surface area contributed by atoms with Crippen molar-refractivity contribution in [2.75, 3.05) is 13.1 Å². The average Bonchev–Trinajstić information content (AvgIpc) is 2.58. The van der Waals surface area contributed by atoms with Crippen molar-refractivity contribution in [3.8, 4) is 0 Å². The van der Waals surface area contributed by atoms with Gasteiger partial charge in [0, 0.05) is 40.4 Å². The van der Waals surface area contributed by atoms with Crippen molar-refractivity contribution >= 4 is 27.3 Å². The largest absolute Gasteiger partial charge is 0.327 e. The molecule has 1 aliphatic rings. The molecular weight excluding hydrogens is 272 g/mol. The zero-order valence-corrected chi connectivity index (χ0v) is 11.4. The molecule has 1 fully saturated rings. The Balaban J connectivity index is 1.90. The van der Waals surface area contributed by atoms with Crippen LogP contribution in [0.1, 0.15) is 18.2 Å². The minimum Gasteiger partial charge on any atom is -0.327 e. The summed E-state index contributed by atoms with van der Waals surface area (Å²) in [6, 6.07) is 2.61. The summed E-state index contributed by atoms with van der Waals surface area (Å²) in [5, 5.41) is 2.15. The second kappa shape index (κ2) is 4.95. The first-order valence-corrected chi connectivity index (χ1v) is 7.03. The van der Waals surface area contributed by atoms with Gasteiger partial charge in [-0.25, -0.2) is 0 Å². The molecule has 0 aromatic carbocycles. The van der Waals surface area contributed by atoms with Crippen molar-refractivity contribution in [1.29, 1.82) is 0 Å². The quantitative estimate of drug-likeness (QED) is 0.907. The molecule has 2 unspecified atom stereocenters. The summed E-state index contributed by atoms with van der Waals surface area (Å²) in [7, 11) is 0. The van der Waals surface area contributed by atoms with E-state index in [1.54, 1.807) is 0 Å². The van der Waals surface area contributed by atoms with Gasteiger partial charge in [-0.05, 0) is 34.3 Å². The summed E-state index contributed by atoms with van der Waals surface area (Å²) < 4.78 is 1.20. The fourth-order valence-corrected chi connectivity index (χ4v) is 3.54. The van der Waals surface area contributed by atoms with Crippen LogP contribution in [0.25, 0.3) is 0 Å². The van der Waals surface area contributed by atoms with E-state index in [0.717, 1.165) is 26.1 Å². The topological polar surface area (TPSA) is 29.3 Å². The third kappa shape index (κ3) is 3.03. The summed E-state index contributed by atoms with van der Waals surface area (Å²) in [6.07, 6.45) is 1.13. The van der Waals surface area contributed by atoms with Crippen molar-refractivity contribution in [2.24, 2.45) is 11.7 Å². The molecule has 2 N–H and O–H groups in total. The van der Waals surface area contributed by atoms with Crippen LogP contribution in [0.4, 0.5) is 0 Å². The zero-order valence-electron chi connectivity index (χ0n) is 8.95. The Morgan fingerprint density at radius 1 is 1.67 bits per heavy atom. The number of thiophene rings is 1. The monoisotopic (exact) mass is 288 g/mol. The fraction of sp³-hybridized carbons (Fsp3) is 0.636. The van der Waals surface area contributed by atoms with Gasteiger partial charge in [-0.15, -0.1) is 11.3 Å². The van der Waals surface area contributed by atoms with Crippen LogP contribution in [-0.4, -0.2) is 24.0 Å². The highest BCUT2D eigenvalue weighted by Gasteiger charge is 2.23. The molecule has 0 saturated carbocycles. The van der Waals surface area contributed by atoms with Gasteiger partial charge < -0.3 is 5.73 Å². The van der Waals surface area contributed by atoms with Crippen LogP contribution in [0.5, 0.6) is 0 Å². The standard InChI is InChI=1S/C11H17BrN2S/c1-8-5-14(3-2-11(8)13)6-10-4-9(12)7-15-10/h4,7-8,11H,2-3,5-6,13H2,1H3. The average molecular weight is 289 g/mol. The van der Waals surface area contributed by atoms with Gasteiger partial charge in [-0.3, -0.25) is 4.90 Å². The lowest BCUT2D eigenvalue weighted by atomic mass is 9.95. The second-order valence-corrected chi connectivity index (χ2v) is 6.31. The van der Waals surface area contributed by atoms with Gasteiger partial charge >= 0.3 is 0 Å². The van der Waals surface area contributed by atoms with Gasteiger partial charge in [-0.2, -0.15) is 0 Å². The van der Waals surface area contributed by atoms with E-state index in [2.05, 4.69) is 39.2 Å². The molecule has 1 aromatic rings. The molecule has 1 saturated heterocycles. The molecule has 4 heteroatoms. The number of hydrogen-bond donors (Lipinski definition) is 1. The van der Waals surface area contributed by atoms with Crippen molar-refractivity contribution in [3.63, 3.8) is 0 Å². The van der Waals surface area contributed by atoms with E-state index < -0.39 is 0 Å². The molecule has 15 heavy (non-hydrogen) atoms. The van der Waals surface area contributed by atoms with E-state index in [4.69, 9.17) is 5.73 Å². The van der Waals surface area contributed by atoms with Crippen molar-refractivity contribution < 1.29 is 0 Å². The highest BCUT2D eigenvalue weighted by molar-refractivity contribution is 9.10. The Labute approximate surface area is 104 Å². The summed E-state index contributed by atoms with van der Waals surface area (Å²) in [5.74, 6) is 0.627. The molecule has 0 radical (unpaired) electrons. The SMILES string of the molecule is CC1CN(Cc2cc(Br)cs2)CCC1N. The molecule has 0 bridgehead atoms. The van der Waals surface area contributed by atoms with E-state index >= 15 is 0 Å². The van der Waals surface area contributed by atoms with Crippen LogP contribution >= 0.6 is 27.3 Å². The van der Waals surface area contributed by atoms with Crippen molar-refractivity contribution in [2.45, 2.75) is 25.9 Å². The maximum Gasteiger partial charge on any atom is 0.0328 e. The van der Waals surface area contributed by atoms with Crippen LogP contribution in [-0.2, 0) is 6.54 Å². The molecule has 2 heterocycles. The molecule has 0 amide bonds. The second-order valence-electron chi connectivity index (χ2n) is 4.40. The van der Waals surface area contributed by atoms with Gasteiger partial charge in [0.15, 0.2) is 0 Å². The first-order valence-electron chi connectivity index (χ1n) is 5.36. The molecule has 1 aliphatic heterocycles. The van der Waals surface area contributed by atoms with Gasteiger partial charge in [0.1, 0.15) is 0 Å². The summed E-state index contributed by atoms with van der Waals surface area (Å²) in [5.41, 5.74) is 6.01. The number of halogens is 1. The molecule has 2 atom stereocenters. The van der Waals surface area contributed by atoms with Gasteiger partial charge in [-0.1, -0.05) is 6.92 Å². The van der Waals surface area contributed by atoms with Crippen LogP contribution in [0, 0.1) is 5.92 Å². The third-order valence-electron chi connectivity index (χ3n) is 3.06. The number of rotatable bonds is 2. The van der Waals surface area contributed by atoms with Crippen LogP contribution in [0.3, 0.4) is 0 Å². The molecule has 1 aromatic heterocycles. The summed E-state index contributed by atoms with van der Waals surface area (Å²) >= 11 is 5.32. The maximum absolute atomic E-state index is 6.01. The van der Waals surface area contributed by atoms with E-state index in [-0.39, 0.29) is 0 Å². The Bertz CT molecular complexity index is 326. The Kier molecular flexibility index (Phi) is 3.83. The minimum atomic E-state index is 0.399. The van der Waals surface area contributed by atoms with E-state index in [0.29, 0.717) is 12.0 Å². The molecular formula is C11H17BrN2S. The summed E-state index contributed by atoms with van der Waals surface area (Å²) in [6.45, 7) is 5.60. The molecule has 0 spiro atoms. The molecule has 0 aliphatic carbocycles. The lowest BCUT2D eigenvalue weighted by Gasteiger charge is -2.34. The van der Waals surface area contributed by atoms with Crippen molar-refractivity contribution in [3.05, 3.63) is 20.8 Å². The first-order chi connectivity index (χ1) is 7.15. The van der Waals surface area contributed by atoms with Gasteiger partial charge in [0.05, 0.1) is 0 Å². The van der Waals surface area contributed by atoms with Crippen LogP contribution in [0.2, 0.25) is 0 Å². The zero-order chi connectivity index (χ0) is 10.8. The number of piperidine rings is 1. The lowest BCUT2D eigenvalue weighted by Crippen LogP contribution is -2.45. The van der Waals surface area contributed by atoms with E-state index in [1.165, 1.54) is 9.35 Å². The van der Waals surface area contributed by atoms with E-state index in [9.17, 15) is 0 Å². The third-order valence-corrected chi connectivity index (χ3v) is 4.74. The predicted molar refractivity (Wildman–Crippen MR) is 69.1 cm³/mol. The number of likely N-dealkylation sites (tertiary alicyclic amines) is 1. The lowest BCUT2D eigenvalue weighted by molar-refractivity contribution is 0.159. The minimum absolute atomic E-state index is 0.399. The Hall–Kier alpha value is 0.1000. The van der Waals surface area contributed by atoms with Crippen LogP contribution in [0.15, 0.2) is 15.9 Å². The Morgan fingerprint density at radius 2 is 2.47 bits per heavy atom. The molecule has 2 rings (SSSR count). The molecule has 84 valence electrons. The predicted octanol–water partition coefficient (Wildman–Crippen LogP) is 2.68. The Morgan fingerprint density at radius 3 is 3.07 bits per heavy atom. The van der Waals surface area contributed by atoms with E-state index in [1.807, 2.05) is 11.3 Å². The van der Waals surface area contributed by atoms with Gasteiger partial charge in [0.25, 0.3) is 0 Å². The highest BCUT2D eigenvalue weighted by Crippen LogP contribution is 2.23. The number of hydrogen-bond acceptors (Lipinski definition) is 3. The first kappa shape index (κ1) is 11.6.